The van der Waals surface area contributed by atoms with Gasteiger partial charge in [0.25, 0.3) is 0 Å². The van der Waals surface area contributed by atoms with E-state index in [1.54, 1.807) is 0 Å². The van der Waals surface area contributed by atoms with E-state index in [2.05, 4.69) is 4.74 Å². The zero-order chi connectivity index (χ0) is 6.85. The van der Waals surface area contributed by atoms with Crippen molar-refractivity contribution in [1.82, 2.24) is 0 Å². The minimum absolute atomic E-state index is 0.00176. The van der Waals surface area contributed by atoms with Gasteiger partial charge in [0.05, 0.1) is 13.2 Å². The van der Waals surface area contributed by atoms with Crippen molar-refractivity contribution in [1.29, 1.82) is 0 Å². The molecule has 0 aliphatic carbocycles. The SMILES string of the molecule is [O][C@H]1COC[C@@H](O)[C@@H]1O. The third kappa shape index (κ3) is 1.40. The van der Waals surface area contributed by atoms with Gasteiger partial charge in [-0.1, -0.05) is 0 Å². The summed E-state index contributed by atoms with van der Waals surface area (Å²) in [6.45, 7) is 0.0676. The molecule has 53 valence electrons. The van der Waals surface area contributed by atoms with Crippen LogP contribution in [0.15, 0.2) is 0 Å². The molecule has 3 atom stereocenters. The highest BCUT2D eigenvalue weighted by Gasteiger charge is 2.30. The summed E-state index contributed by atoms with van der Waals surface area (Å²) in [5.74, 6) is 0. The Morgan fingerprint density at radius 1 is 1.33 bits per heavy atom. The molecule has 2 N–H and O–H groups in total. The van der Waals surface area contributed by atoms with Crippen molar-refractivity contribution in [2.75, 3.05) is 13.2 Å². The highest BCUT2D eigenvalue weighted by molar-refractivity contribution is 4.78. The Morgan fingerprint density at radius 2 is 2.00 bits per heavy atom. The Bertz CT molecular complexity index is 85.0. The fourth-order valence-corrected chi connectivity index (χ4v) is 0.750. The monoisotopic (exact) mass is 133 g/mol. The van der Waals surface area contributed by atoms with Crippen LogP contribution in [0.1, 0.15) is 0 Å². The summed E-state index contributed by atoms with van der Waals surface area (Å²) in [5, 5.41) is 28.1. The first kappa shape index (κ1) is 6.95. The lowest BCUT2D eigenvalue weighted by Gasteiger charge is -2.26. The molecule has 9 heavy (non-hydrogen) atoms. The quantitative estimate of drug-likeness (QED) is 0.424. The molecule has 0 saturated carbocycles. The largest absolute Gasteiger partial charge is 0.388 e. The van der Waals surface area contributed by atoms with Crippen molar-refractivity contribution in [2.24, 2.45) is 0 Å². The van der Waals surface area contributed by atoms with Gasteiger partial charge in [0.15, 0.2) is 0 Å². The second kappa shape index (κ2) is 2.62. The lowest BCUT2D eigenvalue weighted by Crippen LogP contribution is -2.46. The van der Waals surface area contributed by atoms with E-state index in [-0.39, 0.29) is 13.2 Å². The predicted octanol–water partition coefficient (Wildman–Crippen LogP) is -1.46. The van der Waals surface area contributed by atoms with Crippen LogP contribution in [0.3, 0.4) is 0 Å². The van der Waals surface area contributed by atoms with Crippen molar-refractivity contribution in [3.63, 3.8) is 0 Å². The average molecular weight is 133 g/mol. The lowest BCUT2D eigenvalue weighted by atomic mass is 10.1. The molecule has 0 amide bonds. The van der Waals surface area contributed by atoms with Crippen LogP contribution >= 0.6 is 0 Å². The van der Waals surface area contributed by atoms with Crippen molar-refractivity contribution < 1.29 is 20.1 Å². The van der Waals surface area contributed by atoms with E-state index < -0.39 is 18.3 Å². The maximum absolute atomic E-state index is 10.6. The Labute approximate surface area is 52.7 Å². The molecular weight excluding hydrogens is 124 g/mol. The molecule has 4 nitrogen and oxygen atoms in total. The second-order valence-electron chi connectivity index (χ2n) is 2.13. The molecule has 1 heterocycles. The van der Waals surface area contributed by atoms with Crippen LogP contribution in [0, 0.1) is 0 Å². The van der Waals surface area contributed by atoms with Crippen LogP contribution in [0.2, 0.25) is 0 Å². The molecule has 0 aromatic rings. The van der Waals surface area contributed by atoms with Crippen molar-refractivity contribution in [3.05, 3.63) is 0 Å². The Kier molecular flexibility index (Phi) is 2.02. The van der Waals surface area contributed by atoms with Crippen LogP contribution in [-0.2, 0) is 9.84 Å². The van der Waals surface area contributed by atoms with Crippen molar-refractivity contribution in [2.45, 2.75) is 18.3 Å². The molecule has 0 aromatic heterocycles. The van der Waals surface area contributed by atoms with Gasteiger partial charge in [-0.05, 0) is 0 Å². The molecule has 1 aliphatic heterocycles. The summed E-state index contributed by atoms with van der Waals surface area (Å²) >= 11 is 0. The number of hydrogen-bond acceptors (Lipinski definition) is 3. The standard InChI is InChI=1S/C5H9O4/c6-3-1-9-2-4(7)5(3)8/h3-6,8H,1-2H2/t3-,4+,5+/m1/s1. The molecule has 1 aliphatic rings. The zero-order valence-electron chi connectivity index (χ0n) is 4.86. The van der Waals surface area contributed by atoms with Gasteiger partial charge in [-0.3, -0.25) is 0 Å². The van der Waals surface area contributed by atoms with Crippen LogP contribution in [-0.4, -0.2) is 41.7 Å². The van der Waals surface area contributed by atoms with E-state index in [1.165, 1.54) is 0 Å². The van der Waals surface area contributed by atoms with E-state index in [0.717, 1.165) is 0 Å². The molecule has 0 bridgehead atoms. The van der Waals surface area contributed by atoms with Gasteiger partial charge in [0.2, 0.25) is 0 Å². The fraction of sp³-hybridized carbons (Fsp3) is 1.00. The number of aliphatic hydroxyl groups is 2. The van der Waals surface area contributed by atoms with Gasteiger partial charge in [-0.25, -0.2) is 5.11 Å². The first-order valence-electron chi connectivity index (χ1n) is 2.81. The minimum Gasteiger partial charge on any atom is -0.388 e. The summed E-state index contributed by atoms with van der Waals surface area (Å²) in [5.41, 5.74) is 0. The molecule has 1 rings (SSSR count). The normalized spacial score (nSPS) is 45.0. The molecule has 1 fully saturated rings. The molecular formula is C5H9O4. The van der Waals surface area contributed by atoms with Crippen LogP contribution in [0.4, 0.5) is 0 Å². The topological polar surface area (TPSA) is 69.6 Å². The minimum atomic E-state index is -1.19. The van der Waals surface area contributed by atoms with Crippen LogP contribution in [0.5, 0.6) is 0 Å². The first-order valence-corrected chi connectivity index (χ1v) is 2.81. The highest BCUT2D eigenvalue weighted by Crippen LogP contribution is 2.07. The van der Waals surface area contributed by atoms with Gasteiger partial charge in [-0.15, -0.1) is 0 Å². The van der Waals surface area contributed by atoms with Gasteiger partial charge in [0, 0.05) is 0 Å². The number of hydrogen-bond donors (Lipinski definition) is 2. The average Bonchev–Trinajstić information content (AvgIpc) is 1.83. The fourth-order valence-electron chi connectivity index (χ4n) is 0.750. The van der Waals surface area contributed by atoms with Crippen molar-refractivity contribution >= 4 is 0 Å². The summed E-state index contributed by atoms with van der Waals surface area (Å²) in [6.07, 6.45) is -3.34. The van der Waals surface area contributed by atoms with E-state index in [9.17, 15) is 5.11 Å². The summed E-state index contributed by atoms with van der Waals surface area (Å²) in [6, 6.07) is 0. The predicted molar refractivity (Wildman–Crippen MR) is 27.3 cm³/mol. The summed E-state index contributed by atoms with van der Waals surface area (Å²) in [4.78, 5) is 0. The Morgan fingerprint density at radius 3 is 2.44 bits per heavy atom. The Hall–Kier alpha value is -0.160. The van der Waals surface area contributed by atoms with Crippen LogP contribution < -0.4 is 0 Å². The molecule has 0 spiro atoms. The van der Waals surface area contributed by atoms with Gasteiger partial charge in [-0.2, -0.15) is 0 Å². The molecule has 0 aromatic carbocycles. The molecule has 0 unspecified atom stereocenters. The van der Waals surface area contributed by atoms with Crippen molar-refractivity contribution in [3.8, 4) is 0 Å². The smallest absolute Gasteiger partial charge is 0.145 e. The van der Waals surface area contributed by atoms with E-state index in [4.69, 9.17) is 10.2 Å². The van der Waals surface area contributed by atoms with Crippen LogP contribution in [0.25, 0.3) is 0 Å². The third-order valence-electron chi connectivity index (χ3n) is 1.35. The van der Waals surface area contributed by atoms with Gasteiger partial charge in [0.1, 0.15) is 18.3 Å². The summed E-state index contributed by atoms with van der Waals surface area (Å²) < 4.78 is 4.64. The second-order valence-corrected chi connectivity index (χ2v) is 2.13. The van der Waals surface area contributed by atoms with Gasteiger partial charge >= 0.3 is 0 Å². The van der Waals surface area contributed by atoms with E-state index >= 15 is 0 Å². The maximum Gasteiger partial charge on any atom is 0.145 e. The van der Waals surface area contributed by atoms with E-state index in [1.807, 2.05) is 0 Å². The number of aliphatic hydroxyl groups excluding tert-OH is 2. The molecule has 4 heteroatoms. The number of ether oxygens (including phenoxy) is 1. The lowest BCUT2D eigenvalue weighted by molar-refractivity contribution is -0.169. The third-order valence-corrected chi connectivity index (χ3v) is 1.35. The highest BCUT2D eigenvalue weighted by atomic mass is 16.5. The maximum atomic E-state index is 10.6. The first-order chi connectivity index (χ1) is 4.22. The number of rotatable bonds is 0. The van der Waals surface area contributed by atoms with Gasteiger partial charge < -0.3 is 14.9 Å². The molecule has 1 saturated heterocycles. The van der Waals surface area contributed by atoms with E-state index in [0.29, 0.717) is 0 Å². The molecule has 1 radical (unpaired) electrons. The summed E-state index contributed by atoms with van der Waals surface area (Å²) in [7, 11) is 0. The zero-order valence-corrected chi connectivity index (χ0v) is 4.86. The Balaban J connectivity index is 2.41.